The minimum Gasteiger partial charge on any atom is -0.440 e. The molecule has 0 spiro atoms. The molecule has 112 valence electrons. The largest absolute Gasteiger partial charge is 0.440 e. The summed E-state index contributed by atoms with van der Waals surface area (Å²) in [5.41, 5.74) is 7.05. The van der Waals surface area contributed by atoms with E-state index in [1.165, 1.54) is 12.8 Å². The number of oxazole rings is 1. The van der Waals surface area contributed by atoms with Crippen LogP contribution in [-0.4, -0.2) is 17.4 Å². The molecular formula is C15H18ClN3O2. The monoisotopic (exact) mass is 307 g/mol. The van der Waals surface area contributed by atoms with Crippen LogP contribution in [0, 0.1) is 0 Å². The maximum atomic E-state index is 11.4. The van der Waals surface area contributed by atoms with Crippen LogP contribution in [0.2, 0.25) is 0 Å². The number of hydrogen-bond donors (Lipinski definition) is 2. The van der Waals surface area contributed by atoms with Crippen LogP contribution in [0.4, 0.5) is 5.69 Å². The van der Waals surface area contributed by atoms with Crippen molar-refractivity contribution in [2.75, 3.05) is 11.9 Å². The number of amides is 1. The second kappa shape index (κ2) is 6.74. The van der Waals surface area contributed by atoms with Crippen LogP contribution in [0.1, 0.15) is 31.1 Å². The summed E-state index contributed by atoms with van der Waals surface area (Å²) in [7, 11) is 0. The summed E-state index contributed by atoms with van der Waals surface area (Å²) in [4.78, 5) is 15.7. The maximum absolute atomic E-state index is 11.4. The molecule has 6 heteroatoms. The van der Waals surface area contributed by atoms with Crippen LogP contribution in [0.5, 0.6) is 0 Å². The van der Waals surface area contributed by atoms with E-state index in [1.54, 1.807) is 6.20 Å². The number of carbonyl (C=O) groups excluding carboxylic acids is 1. The number of carbonyl (C=O) groups is 1. The van der Waals surface area contributed by atoms with E-state index in [0.29, 0.717) is 18.9 Å². The Morgan fingerprint density at radius 2 is 2.05 bits per heavy atom. The van der Waals surface area contributed by atoms with Crippen LogP contribution < -0.4 is 11.1 Å². The lowest BCUT2D eigenvalue weighted by molar-refractivity contribution is -0.116. The molecule has 1 aromatic carbocycles. The van der Waals surface area contributed by atoms with Crippen molar-refractivity contribution in [2.45, 2.75) is 25.2 Å². The quantitative estimate of drug-likeness (QED) is 0.890. The number of rotatable bonds is 5. The Morgan fingerprint density at radius 3 is 2.67 bits per heavy atom. The van der Waals surface area contributed by atoms with Crippen molar-refractivity contribution in [2.24, 2.45) is 5.73 Å². The van der Waals surface area contributed by atoms with Crippen molar-refractivity contribution in [3.63, 3.8) is 0 Å². The van der Waals surface area contributed by atoms with Gasteiger partial charge in [-0.2, -0.15) is 0 Å². The lowest BCUT2D eigenvalue weighted by Crippen LogP contribution is -2.15. The molecule has 3 N–H and O–H groups in total. The first-order chi connectivity index (χ1) is 9.76. The Hall–Kier alpha value is -1.85. The number of nitrogens with one attached hydrogen (secondary N) is 1. The zero-order valence-corrected chi connectivity index (χ0v) is 12.4. The Kier molecular flexibility index (Phi) is 4.98. The van der Waals surface area contributed by atoms with E-state index < -0.39 is 0 Å². The molecule has 0 atom stereocenters. The first kappa shape index (κ1) is 15.5. The molecule has 1 aliphatic rings. The molecular weight excluding hydrogens is 290 g/mol. The van der Waals surface area contributed by atoms with E-state index in [4.69, 9.17) is 10.2 Å². The number of anilines is 1. The van der Waals surface area contributed by atoms with E-state index in [2.05, 4.69) is 10.3 Å². The Morgan fingerprint density at radius 1 is 1.33 bits per heavy atom. The molecule has 1 aromatic heterocycles. The van der Waals surface area contributed by atoms with Gasteiger partial charge in [-0.25, -0.2) is 4.98 Å². The zero-order chi connectivity index (χ0) is 13.9. The minimum atomic E-state index is -0.0732. The van der Waals surface area contributed by atoms with Gasteiger partial charge in [0.25, 0.3) is 0 Å². The summed E-state index contributed by atoms with van der Waals surface area (Å²) in [6.07, 6.45) is 4.43. The van der Waals surface area contributed by atoms with Gasteiger partial charge in [0.2, 0.25) is 5.91 Å². The van der Waals surface area contributed by atoms with Gasteiger partial charge < -0.3 is 15.5 Å². The molecule has 0 saturated heterocycles. The molecule has 0 unspecified atom stereocenters. The van der Waals surface area contributed by atoms with Crippen LogP contribution >= 0.6 is 12.4 Å². The summed E-state index contributed by atoms with van der Waals surface area (Å²) in [6.45, 7) is 0.353. The van der Waals surface area contributed by atoms with E-state index in [9.17, 15) is 4.79 Å². The van der Waals surface area contributed by atoms with Gasteiger partial charge in [0, 0.05) is 30.1 Å². The van der Waals surface area contributed by atoms with Crippen molar-refractivity contribution < 1.29 is 9.21 Å². The molecule has 0 bridgehead atoms. The molecule has 1 amide bonds. The van der Waals surface area contributed by atoms with Crippen LogP contribution in [0.15, 0.2) is 34.9 Å². The first-order valence-corrected chi connectivity index (χ1v) is 6.82. The third-order valence-electron chi connectivity index (χ3n) is 3.27. The molecule has 1 aliphatic carbocycles. The number of nitrogens with zero attached hydrogens (tertiary/aromatic N) is 1. The maximum Gasteiger partial charge on any atom is 0.225 e. The Balaban J connectivity index is 0.00000161. The zero-order valence-electron chi connectivity index (χ0n) is 11.5. The number of aromatic nitrogens is 1. The highest BCUT2D eigenvalue weighted by molar-refractivity contribution is 5.91. The van der Waals surface area contributed by atoms with Crippen molar-refractivity contribution in [1.29, 1.82) is 0 Å². The van der Waals surface area contributed by atoms with E-state index in [0.717, 1.165) is 22.9 Å². The van der Waals surface area contributed by atoms with Gasteiger partial charge >= 0.3 is 0 Å². The smallest absolute Gasteiger partial charge is 0.225 e. The van der Waals surface area contributed by atoms with Crippen molar-refractivity contribution in [3.05, 3.63) is 36.4 Å². The lowest BCUT2D eigenvalue weighted by Gasteiger charge is -2.04. The summed E-state index contributed by atoms with van der Waals surface area (Å²) >= 11 is 0. The van der Waals surface area contributed by atoms with Crippen LogP contribution in [0.3, 0.4) is 0 Å². The molecule has 0 aliphatic heterocycles. The topological polar surface area (TPSA) is 81.2 Å². The van der Waals surface area contributed by atoms with E-state index in [1.807, 2.05) is 24.3 Å². The normalized spacial score (nSPS) is 13.6. The summed E-state index contributed by atoms with van der Waals surface area (Å²) < 4.78 is 5.74. The van der Waals surface area contributed by atoms with Crippen LogP contribution in [0.25, 0.3) is 11.3 Å². The van der Waals surface area contributed by atoms with Gasteiger partial charge in [-0.05, 0) is 37.1 Å². The highest BCUT2D eigenvalue weighted by Gasteiger charge is 2.28. The average Bonchev–Trinajstić information content (AvgIpc) is 3.18. The molecule has 1 saturated carbocycles. The standard InChI is InChI=1S/C15H17N3O2.ClH/c16-8-7-14(19)18-12-5-3-10(4-6-12)13-9-17-15(20-13)11-1-2-11;/h3-6,9,11H,1-2,7-8,16H2,(H,18,19);1H. The molecule has 1 heterocycles. The van der Waals surface area contributed by atoms with Crippen LogP contribution in [-0.2, 0) is 4.79 Å². The highest BCUT2D eigenvalue weighted by atomic mass is 35.5. The second-order valence-corrected chi connectivity index (χ2v) is 5.00. The summed E-state index contributed by atoms with van der Waals surface area (Å²) in [6, 6.07) is 7.52. The SMILES string of the molecule is Cl.NCCC(=O)Nc1ccc(-c2cnc(C3CC3)o2)cc1. The van der Waals surface area contributed by atoms with Gasteiger partial charge in [-0.15, -0.1) is 12.4 Å². The molecule has 3 rings (SSSR count). The third-order valence-corrected chi connectivity index (χ3v) is 3.27. The van der Waals surface area contributed by atoms with E-state index in [-0.39, 0.29) is 18.3 Å². The first-order valence-electron chi connectivity index (χ1n) is 6.82. The fourth-order valence-electron chi connectivity index (χ4n) is 2.01. The van der Waals surface area contributed by atoms with Gasteiger partial charge in [-0.1, -0.05) is 0 Å². The molecule has 21 heavy (non-hydrogen) atoms. The summed E-state index contributed by atoms with van der Waals surface area (Å²) in [5.74, 6) is 2.04. The van der Waals surface area contributed by atoms with Crippen molar-refractivity contribution in [1.82, 2.24) is 4.98 Å². The molecule has 0 radical (unpaired) electrons. The predicted octanol–water partition coefficient (Wildman–Crippen LogP) is 2.93. The van der Waals surface area contributed by atoms with Gasteiger partial charge in [-0.3, -0.25) is 4.79 Å². The Labute approximate surface area is 129 Å². The average molecular weight is 308 g/mol. The Bertz CT molecular complexity index is 606. The lowest BCUT2D eigenvalue weighted by atomic mass is 10.1. The number of nitrogens with two attached hydrogens (primary N) is 1. The fraction of sp³-hybridized carbons (Fsp3) is 0.333. The van der Waals surface area contributed by atoms with Crippen molar-refractivity contribution >= 4 is 24.0 Å². The molecule has 5 nitrogen and oxygen atoms in total. The van der Waals surface area contributed by atoms with Gasteiger partial charge in [0.05, 0.1) is 6.20 Å². The highest BCUT2D eigenvalue weighted by Crippen LogP contribution is 2.40. The van der Waals surface area contributed by atoms with Crippen molar-refractivity contribution in [3.8, 4) is 11.3 Å². The van der Waals surface area contributed by atoms with E-state index >= 15 is 0 Å². The third kappa shape index (κ3) is 3.83. The summed E-state index contributed by atoms with van der Waals surface area (Å²) in [5, 5.41) is 2.79. The van der Waals surface area contributed by atoms with Gasteiger partial charge in [0.15, 0.2) is 11.7 Å². The molecule has 2 aromatic rings. The van der Waals surface area contributed by atoms with Gasteiger partial charge in [0.1, 0.15) is 0 Å². The molecule has 1 fully saturated rings. The second-order valence-electron chi connectivity index (χ2n) is 5.00. The number of benzene rings is 1. The number of hydrogen-bond acceptors (Lipinski definition) is 4. The predicted molar refractivity (Wildman–Crippen MR) is 83.5 cm³/mol. The minimum absolute atomic E-state index is 0. The fourth-order valence-corrected chi connectivity index (χ4v) is 2.01. The number of halogens is 1.